The molecule has 0 aromatic rings. The third kappa shape index (κ3) is 8.61. The molecule has 0 unspecified atom stereocenters. The molecule has 3 amide bonds. The topological polar surface area (TPSA) is 156 Å². The van der Waals surface area contributed by atoms with Gasteiger partial charge in [-0.3, -0.25) is 19.2 Å². The van der Waals surface area contributed by atoms with E-state index in [-0.39, 0.29) is 25.0 Å². The number of rotatable bonds is 9. The van der Waals surface area contributed by atoms with Gasteiger partial charge >= 0.3 is 5.97 Å². The summed E-state index contributed by atoms with van der Waals surface area (Å²) in [6.45, 7) is 0.774. The number of amides is 3. The van der Waals surface area contributed by atoms with Crippen LogP contribution in [-0.2, 0) is 24.0 Å². The monoisotopic (exact) mass is 287 g/mol. The first-order chi connectivity index (χ1) is 9.22. The first kappa shape index (κ1) is 17.6. The van der Waals surface area contributed by atoms with Gasteiger partial charge in [0.1, 0.15) is 11.8 Å². The molecule has 0 aromatic heterocycles. The molecule has 9 nitrogen and oxygen atoms in total. The molecule has 5 N–H and O–H groups in total. The summed E-state index contributed by atoms with van der Waals surface area (Å²) < 4.78 is 0. The van der Waals surface area contributed by atoms with Crippen molar-refractivity contribution in [3.05, 3.63) is 0 Å². The number of carbonyl (C=O) groups excluding carboxylic acids is 4. The smallest absolute Gasteiger partial charge is 0.326 e. The number of primary amides is 1. The van der Waals surface area contributed by atoms with E-state index in [0.717, 1.165) is 0 Å². The van der Waals surface area contributed by atoms with Gasteiger partial charge in [0.05, 0.1) is 13.0 Å². The lowest BCUT2D eigenvalue weighted by atomic mass is 10.1. The van der Waals surface area contributed by atoms with Crippen LogP contribution in [0.4, 0.5) is 0 Å². The van der Waals surface area contributed by atoms with Crippen LogP contribution in [0.1, 0.15) is 26.2 Å². The molecule has 0 bridgehead atoms. The highest BCUT2D eigenvalue weighted by molar-refractivity contribution is 5.98. The van der Waals surface area contributed by atoms with E-state index in [1.807, 2.05) is 0 Å². The highest BCUT2D eigenvalue weighted by Crippen LogP contribution is 1.97. The minimum Gasteiger partial charge on any atom is -0.480 e. The van der Waals surface area contributed by atoms with Crippen molar-refractivity contribution in [1.29, 1.82) is 0 Å². The fraction of sp³-hybridized carbons (Fsp3) is 0.545. The number of nitrogens with one attached hydrogen (secondary N) is 2. The van der Waals surface area contributed by atoms with Gasteiger partial charge in [0, 0.05) is 6.42 Å². The molecule has 0 aromatic carbocycles. The van der Waals surface area contributed by atoms with Gasteiger partial charge in [-0.1, -0.05) is 0 Å². The average molecular weight is 287 g/mol. The highest BCUT2D eigenvalue weighted by atomic mass is 16.4. The number of carbonyl (C=O) groups is 5. The lowest BCUT2D eigenvalue weighted by Gasteiger charge is -2.13. The summed E-state index contributed by atoms with van der Waals surface area (Å²) in [6.07, 6.45) is -0.678. The fourth-order valence-corrected chi connectivity index (χ4v) is 1.26. The maximum atomic E-state index is 11.4. The van der Waals surface area contributed by atoms with E-state index in [1.165, 1.54) is 6.92 Å². The summed E-state index contributed by atoms with van der Waals surface area (Å²) >= 11 is 0. The zero-order valence-corrected chi connectivity index (χ0v) is 11.0. The largest absolute Gasteiger partial charge is 0.480 e. The molecule has 1 atom stereocenters. The molecule has 0 radical (unpaired) electrons. The van der Waals surface area contributed by atoms with Crippen molar-refractivity contribution in [2.45, 2.75) is 32.2 Å². The van der Waals surface area contributed by atoms with Crippen LogP contribution in [0.3, 0.4) is 0 Å². The van der Waals surface area contributed by atoms with Crippen molar-refractivity contribution >= 4 is 29.5 Å². The zero-order valence-electron chi connectivity index (χ0n) is 11.0. The molecule has 20 heavy (non-hydrogen) atoms. The summed E-state index contributed by atoms with van der Waals surface area (Å²) in [6, 6.07) is -1.26. The van der Waals surface area contributed by atoms with Gasteiger partial charge in [-0.25, -0.2) is 4.79 Å². The van der Waals surface area contributed by atoms with E-state index < -0.39 is 36.3 Å². The molecular formula is C11H17N3O6. The first-order valence-electron chi connectivity index (χ1n) is 5.79. The lowest BCUT2D eigenvalue weighted by Crippen LogP contribution is -2.46. The van der Waals surface area contributed by atoms with E-state index in [2.05, 4.69) is 10.6 Å². The number of hydrogen-bond acceptors (Lipinski definition) is 5. The Labute approximate surface area is 114 Å². The van der Waals surface area contributed by atoms with E-state index in [4.69, 9.17) is 10.8 Å². The van der Waals surface area contributed by atoms with Gasteiger partial charge in [-0.15, -0.1) is 0 Å². The van der Waals surface area contributed by atoms with Gasteiger partial charge in [0.15, 0.2) is 0 Å². The fourth-order valence-electron chi connectivity index (χ4n) is 1.26. The van der Waals surface area contributed by atoms with Gasteiger partial charge < -0.3 is 21.5 Å². The number of hydrogen-bond donors (Lipinski definition) is 4. The summed E-state index contributed by atoms with van der Waals surface area (Å²) in [7, 11) is 0. The Morgan fingerprint density at radius 2 is 1.75 bits per heavy atom. The predicted molar refractivity (Wildman–Crippen MR) is 66.3 cm³/mol. The van der Waals surface area contributed by atoms with Crippen molar-refractivity contribution in [2.24, 2.45) is 5.73 Å². The highest BCUT2D eigenvalue weighted by Gasteiger charge is 2.20. The second kappa shape index (κ2) is 8.62. The predicted octanol–water partition coefficient (Wildman–Crippen LogP) is -2.08. The van der Waals surface area contributed by atoms with Gasteiger partial charge in [-0.2, -0.15) is 0 Å². The number of aliphatic carboxylic acids is 1. The standard InChI is InChI=1S/C11H17N3O6/c1-6(15)4-9(17)13-5-10(18)14-7(11(19)20)2-3-8(12)16/h7H,2-5H2,1H3,(H2,12,16)(H,13,17)(H,14,18)(H,19,20)/t7-/m0/s1. The van der Waals surface area contributed by atoms with Crippen LogP contribution >= 0.6 is 0 Å². The zero-order chi connectivity index (χ0) is 15.7. The molecule has 0 rings (SSSR count). The third-order valence-corrected chi connectivity index (χ3v) is 2.17. The van der Waals surface area contributed by atoms with Crippen LogP contribution in [0.2, 0.25) is 0 Å². The molecule has 0 saturated carbocycles. The maximum absolute atomic E-state index is 11.4. The van der Waals surface area contributed by atoms with Gasteiger partial charge in [0.2, 0.25) is 17.7 Å². The van der Waals surface area contributed by atoms with Crippen LogP contribution in [0.25, 0.3) is 0 Å². The lowest BCUT2D eigenvalue weighted by molar-refractivity contribution is -0.142. The quantitative estimate of drug-likeness (QED) is 0.356. The minimum absolute atomic E-state index is 0.141. The third-order valence-electron chi connectivity index (χ3n) is 2.17. The van der Waals surface area contributed by atoms with Crippen molar-refractivity contribution in [1.82, 2.24) is 10.6 Å². The van der Waals surface area contributed by atoms with Crippen LogP contribution in [0, 0.1) is 0 Å². The molecule has 0 aliphatic carbocycles. The Morgan fingerprint density at radius 1 is 1.15 bits per heavy atom. The maximum Gasteiger partial charge on any atom is 0.326 e. The average Bonchev–Trinajstić information content (AvgIpc) is 2.30. The van der Waals surface area contributed by atoms with E-state index in [9.17, 15) is 24.0 Å². The molecule has 0 saturated heterocycles. The summed E-state index contributed by atoms with van der Waals surface area (Å²) in [5.41, 5.74) is 4.88. The minimum atomic E-state index is -1.31. The van der Waals surface area contributed by atoms with Gasteiger partial charge in [-0.05, 0) is 13.3 Å². The van der Waals surface area contributed by atoms with Crippen molar-refractivity contribution in [3.63, 3.8) is 0 Å². The summed E-state index contributed by atoms with van der Waals surface area (Å²) in [5.74, 6) is -3.71. The second-order valence-electron chi connectivity index (χ2n) is 4.12. The van der Waals surface area contributed by atoms with Crippen molar-refractivity contribution in [2.75, 3.05) is 6.54 Å². The SMILES string of the molecule is CC(=O)CC(=O)NCC(=O)N[C@@H](CCC(N)=O)C(=O)O. The Hall–Kier alpha value is -2.45. The Bertz CT molecular complexity index is 420. The Morgan fingerprint density at radius 3 is 2.20 bits per heavy atom. The molecule has 9 heteroatoms. The molecular weight excluding hydrogens is 270 g/mol. The molecule has 0 fully saturated rings. The first-order valence-corrected chi connectivity index (χ1v) is 5.79. The molecule has 0 spiro atoms. The Kier molecular flexibility index (Phi) is 7.56. The molecule has 0 aliphatic rings. The number of nitrogens with two attached hydrogens (primary N) is 1. The van der Waals surface area contributed by atoms with Crippen LogP contribution in [0.15, 0.2) is 0 Å². The Balaban J connectivity index is 4.19. The van der Waals surface area contributed by atoms with Crippen LogP contribution < -0.4 is 16.4 Å². The number of ketones is 1. The molecule has 0 aliphatic heterocycles. The number of carboxylic acids is 1. The van der Waals surface area contributed by atoms with E-state index >= 15 is 0 Å². The number of carboxylic acid groups (broad SMARTS) is 1. The van der Waals surface area contributed by atoms with Crippen molar-refractivity contribution < 1.29 is 29.1 Å². The van der Waals surface area contributed by atoms with Crippen molar-refractivity contribution in [3.8, 4) is 0 Å². The second-order valence-corrected chi connectivity index (χ2v) is 4.12. The van der Waals surface area contributed by atoms with E-state index in [1.54, 1.807) is 0 Å². The normalized spacial score (nSPS) is 11.2. The van der Waals surface area contributed by atoms with Crippen LogP contribution in [0.5, 0.6) is 0 Å². The van der Waals surface area contributed by atoms with Gasteiger partial charge in [0.25, 0.3) is 0 Å². The summed E-state index contributed by atoms with van der Waals surface area (Å²) in [5, 5.41) is 13.1. The molecule has 112 valence electrons. The van der Waals surface area contributed by atoms with Crippen LogP contribution in [-0.4, -0.2) is 47.2 Å². The number of Topliss-reactive ketones (excluding diaryl/α,β-unsaturated/α-hetero) is 1. The molecule has 0 heterocycles. The summed E-state index contributed by atoms with van der Waals surface area (Å²) in [4.78, 5) is 54.5. The van der Waals surface area contributed by atoms with E-state index in [0.29, 0.717) is 0 Å².